The van der Waals surface area contributed by atoms with Gasteiger partial charge in [0.05, 0.1) is 23.1 Å². The van der Waals surface area contributed by atoms with Crippen LogP contribution in [-0.2, 0) is 6.54 Å². The van der Waals surface area contributed by atoms with Crippen LogP contribution in [0.2, 0.25) is 0 Å². The molecule has 1 amide bonds. The molecule has 2 aromatic carbocycles. The molecule has 1 heterocycles. The minimum Gasteiger partial charge on any atom is -0.337 e. The predicted octanol–water partition coefficient (Wildman–Crippen LogP) is 4.41. The van der Waals surface area contributed by atoms with E-state index in [2.05, 4.69) is 5.10 Å². The average molecular weight is 351 g/mol. The highest BCUT2D eigenvalue weighted by Gasteiger charge is 2.23. The zero-order valence-electron chi connectivity index (χ0n) is 15.2. The second kappa shape index (κ2) is 7.52. The van der Waals surface area contributed by atoms with Gasteiger partial charge in [-0.3, -0.25) is 4.79 Å². The molecule has 0 N–H and O–H groups in total. The lowest BCUT2D eigenvalue weighted by Crippen LogP contribution is -2.27. The van der Waals surface area contributed by atoms with Crippen molar-refractivity contribution in [1.82, 2.24) is 14.7 Å². The van der Waals surface area contributed by atoms with E-state index in [1.807, 2.05) is 44.2 Å². The van der Waals surface area contributed by atoms with Gasteiger partial charge in [0.2, 0.25) is 0 Å². The molecular weight excluding hydrogens is 329 g/mol. The van der Waals surface area contributed by atoms with Crippen LogP contribution in [0.1, 0.15) is 41.4 Å². The van der Waals surface area contributed by atoms with Crippen LogP contribution in [0.5, 0.6) is 0 Å². The number of aromatic nitrogens is 2. The molecule has 0 saturated heterocycles. The fourth-order valence-electron chi connectivity index (χ4n) is 3.00. The molecule has 0 fully saturated rings. The maximum Gasteiger partial charge on any atom is 0.257 e. The second-order valence-corrected chi connectivity index (χ2v) is 6.63. The van der Waals surface area contributed by atoms with Crippen molar-refractivity contribution in [3.05, 3.63) is 83.4 Å². The SMILES string of the molecule is CC(C)c1c(C(=O)N(C)Cc2ccccc2)cnn1-c1ccc(F)cc1. The molecule has 1 aromatic heterocycles. The van der Waals surface area contributed by atoms with Crippen LogP contribution >= 0.6 is 0 Å². The molecular formula is C21H22FN3O. The Labute approximate surface area is 152 Å². The summed E-state index contributed by atoms with van der Waals surface area (Å²) in [6, 6.07) is 16.0. The van der Waals surface area contributed by atoms with Crippen LogP contribution < -0.4 is 0 Å². The molecule has 134 valence electrons. The summed E-state index contributed by atoms with van der Waals surface area (Å²) in [5.41, 5.74) is 3.20. The minimum absolute atomic E-state index is 0.0779. The highest BCUT2D eigenvalue weighted by Crippen LogP contribution is 2.24. The fourth-order valence-corrected chi connectivity index (χ4v) is 3.00. The highest BCUT2D eigenvalue weighted by atomic mass is 19.1. The summed E-state index contributed by atoms with van der Waals surface area (Å²) in [6.07, 6.45) is 1.60. The number of nitrogens with zero attached hydrogens (tertiary/aromatic N) is 3. The van der Waals surface area contributed by atoms with Crippen LogP contribution in [0.3, 0.4) is 0 Å². The molecule has 0 unspecified atom stereocenters. The Kier molecular flexibility index (Phi) is 5.16. The van der Waals surface area contributed by atoms with Crippen LogP contribution in [0.25, 0.3) is 5.69 Å². The lowest BCUT2D eigenvalue weighted by molar-refractivity contribution is 0.0783. The number of hydrogen-bond acceptors (Lipinski definition) is 2. The van der Waals surface area contributed by atoms with Crippen LogP contribution in [0.4, 0.5) is 4.39 Å². The summed E-state index contributed by atoms with van der Waals surface area (Å²) >= 11 is 0. The summed E-state index contributed by atoms with van der Waals surface area (Å²) in [6.45, 7) is 4.56. The Hall–Kier alpha value is -2.95. The van der Waals surface area contributed by atoms with Crippen LogP contribution in [0, 0.1) is 5.82 Å². The molecule has 3 aromatic rings. The topological polar surface area (TPSA) is 38.1 Å². The molecule has 26 heavy (non-hydrogen) atoms. The molecule has 0 aliphatic heterocycles. The van der Waals surface area contributed by atoms with Crippen molar-refractivity contribution in [3.8, 4) is 5.69 Å². The maximum atomic E-state index is 13.2. The summed E-state index contributed by atoms with van der Waals surface area (Å²) in [7, 11) is 1.79. The van der Waals surface area contributed by atoms with Gasteiger partial charge in [0, 0.05) is 13.6 Å². The van der Waals surface area contributed by atoms with E-state index in [1.54, 1.807) is 35.0 Å². The van der Waals surface area contributed by atoms with Crippen molar-refractivity contribution in [2.45, 2.75) is 26.3 Å². The average Bonchev–Trinajstić information content (AvgIpc) is 3.07. The Balaban J connectivity index is 1.92. The van der Waals surface area contributed by atoms with Gasteiger partial charge in [0.1, 0.15) is 5.82 Å². The van der Waals surface area contributed by atoms with Gasteiger partial charge in [-0.2, -0.15) is 5.10 Å². The normalized spacial score (nSPS) is 11.0. The van der Waals surface area contributed by atoms with Gasteiger partial charge in [0.15, 0.2) is 0 Å². The Bertz CT molecular complexity index is 885. The van der Waals surface area contributed by atoms with Gasteiger partial charge in [-0.05, 0) is 35.7 Å². The van der Waals surface area contributed by atoms with E-state index >= 15 is 0 Å². The third-order valence-electron chi connectivity index (χ3n) is 4.26. The van der Waals surface area contributed by atoms with Crippen LogP contribution in [0.15, 0.2) is 60.8 Å². The number of amides is 1. The van der Waals surface area contributed by atoms with Crippen molar-refractivity contribution < 1.29 is 9.18 Å². The smallest absolute Gasteiger partial charge is 0.257 e. The first kappa shape index (κ1) is 17.9. The fraction of sp³-hybridized carbons (Fsp3) is 0.238. The highest BCUT2D eigenvalue weighted by molar-refractivity contribution is 5.95. The first-order valence-electron chi connectivity index (χ1n) is 8.60. The Morgan fingerprint density at radius 1 is 1.12 bits per heavy atom. The number of carbonyl (C=O) groups is 1. The molecule has 5 heteroatoms. The van der Waals surface area contributed by atoms with Gasteiger partial charge >= 0.3 is 0 Å². The summed E-state index contributed by atoms with van der Waals surface area (Å²) in [5.74, 6) is -0.288. The van der Waals surface area contributed by atoms with E-state index in [4.69, 9.17) is 0 Å². The zero-order chi connectivity index (χ0) is 18.7. The van der Waals surface area contributed by atoms with Crippen molar-refractivity contribution in [1.29, 1.82) is 0 Å². The molecule has 0 atom stereocenters. The van der Waals surface area contributed by atoms with E-state index in [0.29, 0.717) is 12.1 Å². The summed E-state index contributed by atoms with van der Waals surface area (Å²) < 4.78 is 14.9. The number of rotatable bonds is 5. The monoisotopic (exact) mass is 351 g/mol. The van der Waals surface area contributed by atoms with Gasteiger partial charge in [0.25, 0.3) is 5.91 Å². The first-order chi connectivity index (χ1) is 12.5. The number of halogens is 1. The number of hydrogen-bond donors (Lipinski definition) is 0. The Morgan fingerprint density at radius 2 is 1.77 bits per heavy atom. The van der Waals surface area contributed by atoms with E-state index in [0.717, 1.165) is 16.9 Å². The van der Waals surface area contributed by atoms with Gasteiger partial charge < -0.3 is 4.90 Å². The van der Waals surface area contributed by atoms with E-state index in [9.17, 15) is 9.18 Å². The lowest BCUT2D eigenvalue weighted by Gasteiger charge is -2.19. The number of carbonyl (C=O) groups excluding carboxylic acids is 1. The second-order valence-electron chi connectivity index (χ2n) is 6.63. The van der Waals surface area contributed by atoms with Gasteiger partial charge in [-0.15, -0.1) is 0 Å². The van der Waals surface area contributed by atoms with E-state index in [-0.39, 0.29) is 17.6 Å². The third-order valence-corrected chi connectivity index (χ3v) is 4.26. The van der Waals surface area contributed by atoms with Crippen molar-refractivity contribution in [3.63, 3.8) is 0 Å². The van der Waals surface area contributed by atoms with Crippen LogP contribution in [-0.4, -0.2) is 27.6 Å². The Morgan fingerprint density at radius 3 is 2.38 bits per heavy atom. The third kappa shape index (κ3) is 3.67. The standard InChI is InChI=1S/C21H22FN3O/c1-15(2)20-19(13-23-25(20)18-11-9-17(22)10-12-18)21(26)24(3)14-16-7-5-4-6-8-16/h4-13,15H,14H2,1-3H3. The first-order valence-corrected chi connectivity index (χ1v) is 8.60. The number of benzene rings is 2. The molecule has 0 aliphatic rings. The molecule has 0 radical (unpaired) electrons. The minimum atomic E-state index is -0.300. The molecule has 0 bridgehead atoms. The molecule has 0 saturated carbocycles. The summed E-state index contributed by atoms with van der Waals surface area (Å²) in [5, 5.41) is 4.39. The molecule has 0 spiro atoms. The summed E-state index contributed by atoms with van der Waals surface area (Å²) in [4.78, 5) is 14.7. The van der Waals surface area contributed by atoms with Gasteiger partial charge in [-0.25, -0.2) is 9.07 Å². The van der Waals surface area contributed by atoms with Gasteiger partial charge in [-0.1, -0.05) is 44.2 Å². The zero-order valence-corrected chi connectivity index (χ0v) is 15.2. The van der Waals surface area contributed by atoms with E-state index < -0.39 is 0 Å². The van der Waals surface area contributed by atoms with Crippen molar-refractivity contribution >= 4 is 5.91 Å². The lowest BCUT2D eigenvalue weighted by atomic mass is 10.0. The largest absolute Gasteiger partial charge is 0.337 e. The van der Waals surface area contributed by atoms with Crippen molar-refractivity contribution in [2.24, 2.45) is 0 Å². The predicted molar refractivity (Wildman–Crippen MR) is 99.9 cm³/mol. The molecule has 0 aliphatic carbocycles. The molecule has 4 nitrogen and oxygen atoms in total. The quantitative estimate of drug-likeness (QED) is 0.683. The molecule has 3 rings (SSSR count). The van der Waals surface area contributed by atoms with Crippen molar-refractivity contribution in [2.75, 3.05) is 7.05 Å². The van der Waals surface area contributed by atoms with E-state index in [1.165, 1.54) is 12.1 Å². The maximum absolute atomic E-state index is 13.2.